The van der Waals surface area contributed by atoms with E-state index >= 15 is 0 Å². The van der Waals surface area contributed by atoms with Gasteiger partial charge in [-0.05, 0) is 47.4 Å². The highest BCUT2D eigenvalue weighted by atomic mass is 79.9. The summed E-state index contributed by atoms with van der Waals surface area (Å²) in [6.45, 7) is 1.50. The van der Waals surface area contributed by atoms with Gasteiger partial charge in [0.1, 0.15) is 0 Å². The first-order valence-electron chi connectivity index (χ1n) is 7.16. The van der Waals surface area contributed by atoms with Crippen molar-refractivity contribution in [2.75, 3.05) is 0 Å². The number of carbonyl (C=O) groups is 1. The Morgan fingerprint density at radius 3 is 2.23 bits per heavy atom. The Hall–Kier alpha value is -1.55. The summed E-state index contributed by atoms with van der Waals surface area (Å²) in [5.74, 6) is -2.67. The van der Waals surface area contributed by atoms with Crippen LogP contribution in [0.5, 0.6) is 0 Å². The van der Waals surface area contributed by atoms with Crippen LogP contribution < -0.4 is 0 Å². The second kappa shape index (κ2) is 4.25. The molecule has 0 amide bonds. The van der Waals surface area contributed by atoms with Gasteiger partial charge < -0.3 is 0 Å². The van der Waals surface area contributed by atoms with Crippen molar-refractivity contribution in [3.63, 3.8) is 0 Å². The maximum atomic E-state index is 13.7. The van der Waals surface area contributed by atoms with Crippen molar-refractivity contribution in [2.45, 2.75) is 31.1 Å². The molecule has 1 saturated carbocycles. The highest BCUT2D eigenvalue weighted by Gasteiger charge is 2.61. The quantitative estimate of drug-likeness (QED) is 0.625. The summed E-state index contributed by atoms with van der Waals surface area (Å²) in [6.07, 6.45) is -0.365. The van der Waals surface area contributed by atoms with Crippen LogP contribution in [0.15, 0.2) is 40.9 Å². The van der Waals surface area contributed by atoms with E-state index in [0.29, 0.717) is 5.56 Å². The van der Waals surface area contributed by atoms with Gasteiger partial charge in [0.15, 0.2) is 5.78 Å². The molecule has 0 bridgehead atoms. The zero-order valence-corrected chi connectivity index (χ0v) is 13.5. The number of hydrogen-bond acceptors (Lipinski definition) is 1. The van der Waals surface area contributed by atoms with Gasteiger partial charge in [0.2, 0.25) is 0 Å². The Bertz CT molecular complexity index is 818. The molecular formula is C18H13BrF2O. The lowest BCUT2D eigenvalue weighted by Crippen LogP contribution is -2.49. The molecule has 1 nitrogen and oxygen atoms in total. The van der Waals surface area contributed by atoms with Crippen molar-refractivity contribution in [3.05, 3.63) is 57.6 Å². The Morgan fingerprint density at radius 2 is 1.64 bits per heavy atom. The molecule has 2 aliphatic carbocycles. The molecule has 0 radical (unpaired) electrons. The van der Waals surface area contributed by atoms with E-state index in [1.165, 1.54) is 6.92 Å². The third-order valence-electron chi connectivity index (χ3n) is 4.85. The average molecular weight is 363 g/mol. The van der Waals surface area contributed by atoms with E-state index in [1.54, 1.807) is 12.1 Å². The summed E-state index contributed by atoms with van der Waals surface area (Å²) in [5, 5.41) is 0. The molecule has 2 aromatic rings. The molecule has 0 saturated heterocycles. The van der Waals surface area contributed by atoms with E-state index in [9.17, 15) is 13.6 Å². The molecule has 0 aliphatic heterocycles. The minimum Gasteiger partial charge on any atom is -0.295 e. The number of rotatable bonds is 1. The minimum atomic E-state index is -2.63. The number of ketones is 1. The Balaban J connectivity index is 1.98. The fourth-order valence-corrected chi connectivity index (χ4v) is 4.26. The maximum Gasteiger partial charge on any atom is 0.250 e. The van der Waals surface area contributed by atoms with E-state index in [-0.39, 0.29) is 18.6 Å². The van der Waals surface area contributed by atoms with Crippen LogP contribution >= 0.6 is 15.9 Å². The number of halogens is 3. The lowest BCUT2D eigenvalue weighted by atomic mass is 9.60. The highest BCUT2D eigenvalue weighted by molar-refractivity contribution is 9.10. The molecule has 2 aromatic carbocycles. The van der Waals surface area contributed by atoms with Crippen molar-refractivity contribution in [1.82, 2.24) is 0 Å². The van der Waals surface area contributed by atoms with Crippen molar-refractivity contribution >= 4 is 21.7 Å². The second-order valence-electron chi connectivity index (χ2n) is 6.30. The van der Waals surface area contributed by atoms with E-state index in [1.807, 2.05) is 24.3 Å². The highest BCUT2D eigenvalue weighted by Crippen LogP contribution is 2.64. The van der Waals surface area contributed by atoms with Crippen LogP contribution in [-0.4, -0.2) is 11.7 Å². The van der Waals surface area contributed by atoms with E-state index < -0.39 is 11.3 Å². The number of hydrogen-bond donors (Lipinski definition) is 0. The van der Waals surface area contributed by atoms with Gasteiger partial charge in [-0.2, -0.15) is 0 Å². The minimum absolute atomic E-state index is 0.0406. The lowest BCUT2D eigenvalue weighted by Gasteiger charge is -2.46. The van der Waals surface area contributed by atoms with Gasteiger partial charge in [0, 0.05) is 28.3 Å². The maximum absolute atomic E-state index is 13.7. The number of benzene rings is 2. The van der Waals surface area contributed by atoms with Crippen molar-refractivity contribution in [3.8, 4) is 11.1 Å². The van der Waals surface area contributed by atoms with Crippen LogP contribution in [0.25, 0.3) is 11.1 Å². The van der Waals surface area contributed by atoms with E-state index in [4.69, 9.17) is 0 Å². The lowest BCUT2D eigenvalue weighted by molar-refractivity contribution is -0.112. The van der Waals surface area contributed by atoms with Crippen LogP contribution in [0.1, 0.15) is 41.3 Å². The standard InChI is InChI=1S/C18H13BrF2O/c1-10(22)11-2-4-13-14-5-3-12(19)7-16(14)17(15(13)6-11)8-18(20,21)9-17/h2-7H,8-9H2,1H3. The van der Waals surface area contributed by atoms with Gasteiger partial charge in [-0.25, -0.2) is 8.78 Å². The molecule has 1 spiro atoms. The molecule has 0 aromatic heterocycles. The summed E-state index contributed by atoms with van der Waals surface area (Å²) in [6, 6.07) is 11.3. The number of fused-ring (bicyclic) bond motifs is 5. The zero-order chi connectivity index (χ0) is 15.7. The van der Waals surface area contributed by atoms with E-state index in [2.05, 4.69) is 15.9 Å². The molecule has 0 N–H and O–H groups in total. The molecule has 1 fully saturated rings. The Morgan fingerprint density at radius 1 is 1.05 bits per heavy atom. The van der Waals surface area contributed by atoms with Crippen LogP contribution in [0, 0.1) is 0 Å². The first kappa shape index (κ1) is 14.1. The zero-order valence-electron chi connectivity index (χ0n) is 11.9. The van der Waals surface area contributed by atoms with E-state index in [0.717, 1.165) is 26.7 Å². The fraction of sp³-hybridized carbons (Fsp3) is 0.278. The molecule has 112 valence electrons. The van der Waals surface area contributed by atoms with Crippen LogP contribution in [-0.2, 0) is 5.41 Å². The molecule has 4 heteroatoms. The first-order valence-corrected chi connectivity index (χ1v) is 7.95. The van der Waals surface area contributed by atoms with Crippen molar-refractivity contribution < 1.29 is 13.6 Å². The molecular weight excluding hydrogens is 350 g/mol. The van der Waals surface area contributed by atoms with Gasteiger partial charge in [-0.3, -0.25) is 4.79 Å². The SMILES string of the molecule is CC(=O)c1ccc2c(c1)C1(CC(F)(F)C1)c1cc(Br)ccc1-2. The second-order valence-corrected chi connectivity index (χ2v) is 7.21. The van der Waals surface area contributed by atoms with Gasteiger partial charge in [-0.1, -0.05) is 34.1 Å². The monoisotopic (exact) mass is 362 g/mol. The summed E-state index contributed by atoms with van der Waals surface area (Å²) in [7, 11) is 0. The number of Topliss-reactive ketones (excluding diaryl/α,β-unsaturated/α-hetero) is 1. The van der Waals surface area contributed by atoms with Crippen LogP contribution in [0.4, 0.5) is 8.78 Å². The summed E-state index contributed by atoms with van der Waals surface area (Å²) < 4.78 is 28.3. The van der Waals surface area contributed by atoms with Crippen LogP contribution in [0.3, 0.4) is 0 Å². The smallest absolute Gasteiger partial charge is 0.250 e. The van der Waals surface area contributed by atoms with Gasteiger partial charge >= 0.3 is 0 Å². The normalized spacial score (nSPS) is 19.5. The molecule has 2 aliphatic rings. The first-order chi connectivity index (χ1) is 10.3. The summed E-state index contributed by atoms with van der Waals surface area (Å²) in [4.78, 5) is 11.7. The van der Waals surface area contributed by atoms with Crippen molar-refractivity contribution in [1.29, 1.82) is 0 Å². The predicted octanol–water partition coefficient (Wildman–Crippen LogP) is 5.35. The molecule has 4 rings (SSSR count). The van der Waals surface area contributed by atoms with Crippen LogP contribution in [0.2, 0.25) is 0 Å². The summed E-state index contributed by atoms with van der Waals surface area (Å²) >= 11 is 3.44. The Kier molecular flexibility index (Phi) is 2.72. The number of carbonyl (C=O) groups excluding carboxylic acids is 1. The molecule has 0 atom stereocenters. The number of alkyl halides is 2. The topological polar surface area (TPSA) is 17.1 Å². The molecule has 0 heterocycles. The fourth-order valence-electron chi connectivity index (χ4n) is 3.90. The molecule has 0 unspecified atom stereocenters. The van der Waals surface area contributed by atoms with Gasteiger partial charge in [0.05, 0.1) is 0 Å². The third kappa shape index (κ3) is 1.76. The van der Waals surface area contributed by atoms with Gasteiger partial charge in [-0.15, -0.1) is 0 Å². The summed E-state index contributed by atoms with van der Waals surface area (Å²) in [5.41, 5.74) is 3.73. The van der Waals surface area contributed by atoms with Crippen molar-refractivity contribution in [2.24, 2.45) is 0 Å². The predicted molar refractivity (Wildman–Crippen MR) is 84.5 cm³/mol. The van der Waals surface area contributed by atoms with Gasteiger partial charge in [0.25, 0.3) is 5.92 Å². The molecule has 22 heavy (non-hydrogen) atoms. The third-order valence-corrected chi connectivity index (χ3v) is 5.34. The average Bonchev–Trinajstić information content (AvgIpc) is 2.68. The Labute approximate surface area is 135 Å². The largest absolute Gasteiger partial charge is 0.295 e.